The van der Waals surface area contributed by atoms with Crippen molar-refractivity contribution in [1.82, 2.24) is 0 Å². The highest BCUT2D eigenvalue weighted by Gasteiger charge is 1.91. The number of rotatable bonds is 0. The van der Waals surface area contributed by atoms with Gasteiger partial charge in [0.05, 0.1) is 0 Å². The van der Waals surface area contributed by atoms with E-state index in [1.165, 1.54) is 21.2 Å². The Morgan fingerprint density at radius 1 is 0.778 bits per heavy atom. The van der Waals surface area contributed by atoms with E-state index in [0.29, 0.717) is 0 Å². The lowest BCUT2D eigenvalue weighted by Crippen LogP contribution is -1.84. The first-order chi connectivity index (χ1) is 8.40. The van der Waals surface area contributed by atoms with Crippen molar-refractivity contribution in [2.45, 2.75) is 20.8 Å². The van der Waals surface area contributed by atoms with Crippen molar-refractivity contribution < 1.29 is 0 Å². The lowest BCUT2D eigenvalue weighted by molar-refractivity contribution is 1.37. The van der Waals surface area contributed by atoms with Crippen LogP contribution in [0.25, 0.3) is 0 Å². The molecule has 0 radical (unpaired) electrons. The van der Waals surface area contributed by atoms with Crippen LogP contribution < -0.4 is 5.73 Å². The van der Waals surface area contributed by atoms with Crippen molar-refractivity contribution in [2.24, 2.45) is 0 Å². The number of aryl methyl sites for hydroxylation is 3. The fraction of sp³-hybridized carbons (Fsp3) is 0.200. The highest BCUT2D eigenvalue weighted by atomic mass is 79.9. The van der Waals surface area contributed by atoms with Gasteiger partial charge in [0.2, 0.25) is 0 Å². The molecule has 1 nitrogen and oxygen atoms in total. The first-order valence-corrected chi connectivity index (χ1v) is 7.23. The Labute approximate surface area is 126 Å². The number of halogens is 2. The zero-order valence-electron chi connectivity index (χ0n) is 10.8. The number of benzene rings is 2. The van der Waals surface area contributed by atoms with Crippen molar-refractivity contribution in [2.75, 3.05) is 5.73 Å². The molecular formula is C15H17Br2N. The van der Waals surface area contributed by atoms with E-state index in [2.05, 4.69) is 63.9 Å². The molecule has 2 rings (SSSR count). The molecule has 0 bridgehead atoms. The second-order valence-electron chi connectivity index (χ2n) is 4.26. The van der Waals surface area contributed by atoms with Gasteiger partial charge in [0.25, 0.3) is 0 Å². The summed E-state index contributed by atoms with van der Waals surface area (Å²) in [5.74, 6) is 0. The molecule has 2 aromatic rings. The summed E-state index contributed by atoms with van der Waals surface area (Å²) >= 11 is 6.81. The molecule has 0 saturated heterocycles. The van der Waals surface area contributed by atoms with Gasteiger partial charge in [0, 0.05) is 14.6 Å². The molecule has 2 aromatic carbocycles. The SMILES string of the molecule is Cc1ccc(C)c(Br)c1.Cc1ccc(N)cc1Br. The zero-order chi connectivity index (χ0) is 13.7. The standard InChI is InChI=1S/C8H9Br.C7H8BrN/c1-6-3-4-7(2)8(9)5-6;1-5-2-3-6(9)4-7(5)8/h3-5H,1-2H3;2-4H,9H2,1H3. The van der Waals surface area contributed by atoms with E-state index in [0.717, 1.165) is 10.2 Å². The lowest BCUT2D eigenvalue weighted by Gasteiger charge is -1.96. The Morgan fingerprint density at radius 2 is 1.28 bits per heavy atom. The quantitative estimate of drug-likeness (QED) is 0.616. The summed E-state index contributed by atoms with van der Waals surface area (Å²) in [6.07, 6.45) is 0. The number of hydrogen-bond donors (Lipinski definition) is 1. The minimum atomic E-state index is 0.799. The molecule has 0 heterocycles. The smallest absolute Gasteiger partial charge is 0.0325 e. The fourth-order valence-corrected chi connectivity index (χ4v) is 2.20. The molecular weight excluding hydrogens is 354 g/mol. The molecule has 0 fully saturated rings. The molecule has 0 amide bonds. The summed E-state index contributed by atoms with van der Waals surface area (Å²) < 4.78 is 2.27. The van der Waals surface area contributed by atoms with Gasteiger partial charge in [-0.15, -0.1) is 0 Å². The first kappa shape index (κ1) is 15.3. The molecule has 0 unspecified atom stereocenters. The Hall–Kier alpha value is -0.800. The van der Waals surface area contributed by atoms with E-state index in [4.69, 9.17) is 5.73 Å². The molecule has 0 saturated carbocycles. The van der Waals surface area contributed by atoms with E-state index < -0.39 is 0 Å². The summed E-state index contributed by atoms with van der Waals surface area (Å²) in [6.45, 7) is 6.21. The monoisotopic (exact) mass is 369 g/mol. The Kier molecular flexibility index (Phi) is 5.89. The van der Waals surface area contributed by atoms with Crippen molar-refractivity contribution >= 4 is 37.5 Å². The summed E-state index contributed by atoms with van der Waals surface area (Å²) in [4.78, 5) is 0. The third-order valence-corrected chi connectivity index (χ3v) is 4.23. The molecule has 0 aliphatic heterocycles. The van der Waals surface area contributed by atoms with Gasteiger partial charge in [0.1, 0.15) is 0 Å². The van der Waals surface area contributed by atoms with Crippen LogP contribution in [0.15, 0.2) is 45.3 Å². The maximum Gasteiger partial charge on any atom is 0.0325 e. The van der Waals surface area contributed by atoms with Crippen molar-refractivity contribution in [3.8, 4) is 0 Å². The van der Waals surface area contributed by atoms with Crippen LogP contribution in [0.5, 0.6) is 0 Å². The minimum absolute atomic E-state index is 0.799. The second kappa shape index (κ2) is 6.95. The molecule has 0 aliphatic carbocycles. The van der Waals surface area contributed by atoms with Gasteiger partial charge in [-0.05, 0) is 55.7 Å². The van der Waals surface area contributed by atoms with E-state index in [-0.39, 0.29) is 0 Å². The zero-order valence-corrected chi connectivity index (χ0v) is 14.0. The van der Waals surface area contributed by atoms with Crippen LogP contribution in [0, 0.1) is 20.8 Å². The number of hydrogen-bond acceptors (Lipinski definition) is 1. The van der Waals surface area contributed by atoms with Crippen LogP contribution in [-0.4, -0.2) is 0 Å². The molecule has 18 heavy (non-hydrogen) atoms. The predicted molar refractivity (Wildman–Crippen MR) is 86.9 cm³/mol. The van der Waals surface area contributed by atoms with Gasteiger partial charge in [-0.1, -0.05) is 50.1 Å². The van der Waals surface area contributed by atoms with Gasteiger partial charge in [-0.3, -0.25) is 0 Å². The summed E-state index contributed by atoms with van der Waals surface area (Å²) in [7, 11) is 0. The van der Waals surface area contributed by atoms with Gasteiger partial charge in [-0.25, -0.2) is 0 Å². The molecule has 0 atom stereocenters. The van der Waals surface area contributed by atoms with Crippen molar-refractivity contribution in [1.29, 1.82) is 0 Å². The Bertz CT molecular complexity index is 487. The van der Waals surface area contributed by atoms with Crippen LogP contribution in [0.2, 0.25) is 0 Å². The maximum absolute atomic E-state index is 5.50. The van der Waals surface area contributed by atoms with Crippen LogP contribution >= 0.6 is 31.9 Å². The van der Waals surface area contributed by atoms with Crippen LogP contribution in [-0.2, 0) is 0 Å². The molecule has 0 aliphatic rings. The van der Waals surface area contributed by atoms with Gasteiger partial charge in [0.15, 0.2) is 0 Å². The number of anilines is 1. The summed E-state index contributed by atoms with van der Waals surface area (Å²) in [5, 5.41) is 0. The summed E-state index contributed by atoms with van der Waals surface area (Å²) in [5.41, 5.74) is 10.1. The Balaban J connectivity index is 0.000000180. The predicted octanol–water partition coefficient (Wildman–Crippen LogP) is 5.41. The van der Waals surface area contributed by atoms with Gasteiger partial charge < -0.3 is 5.73 Å². The average Bonchev–Trinajstić information content (AvgIpc) is 2.30. The van der Waals surface area contributed by atoms with Gasteiger partial charge >= 0.3 is 0 Å². The minimum Gasteiger partial charge on any atom is -0.399 e. The topological polar surface area (TPSA) is 26.0 Å². The second-order valence-corrected chi connectivity index (χ2v) is 5.97. The number of nitrogens with two attached hydrogens (primary N) is 1. The van der Waals surface area contributed by atoms with E-state index in [1.54, 1.807) is 0 Å². The molecule has 2 N–H and O–H groups in total. The first-order valence-electron chi connectivity index (χ1n) is 5.64. The molecule has 96 valence electrons. The van der Waals surface area contributed by atoms with E-state index in [9.17, 15) is 0 Å². The van der Waals surface area contributed by atoms with Crippen LogP contribution in [0.1, 0.15) is 16.7 Å². The van der Waals surface area contributed by atoms with Gasteiger partial charge in [-0.2, -0.15) is 0 Å². The summed E-state index contributed by atoms with van der Waals surface area (Å²) in [6, 6.07) is 12.1. The Morgan fingerprint density at radius 3 is 1.67 bits per heavy atom. The van der Waals surface area contributed by atoms with Crippen molar-refractivity contribution in [3.05, 3.63) is 62.0 Å². The van der Waals surface area contributed by atoms with E-state index in [1.807, 2.05) is 25.1 Å². The molecule has 0 aromatic heterocycles. The van der Waals surface area contributed by atoms with Crippen LogP contribution in [0.4, 0.5) is 5.69 Å². The molecule has 0 spiro atoms. The highest BCUT2D eigenvalue weighted by molar-refractivity contribution is 9.10. The van der Waals surface area contributed by atoms with Crippen LogP contribution in [0.3, 0.4) is 0 Å². The maximum atomic E-state index is 5.50. The highest BCUT2D eigenvalue weighted by Crippen LogP contribution is 2.18. The largest absolute Gasteiger partial charge is 0.399 e. The molecule has 3 heteroatoms. The third kappa shape index (κ3) is 4.83. The third-order valence-electron chi connectivity index (χ3n) is 2.52. The average molecular weight is 371 g/mol. The number of nitrogen functional groups attached to an aromatic ring is 1. The lowest BCUT2D eigenvalue weighted by atomic mass is 10.2. The van der Waals surface area contributed by atoms with Crippen molar-refractivity contribution in [3.63, 3.8) is 0 Å². The van der Waals surface area contributed by atoms with E-state index >= 15 is 0 Å². The fourth-order valence-electron chi connectivity index (χ4n) is 1.31. The normalized spacial score (nSPS) is 9.61.